The lowest BCUT2D eigenvalue weighted by molar-refractivity contribution is 0.145. The van der Waals surface area contributed by atoms with Crippen molar-refractivity contribution in [3.05, 3.63) is 36.7 Å². The van der Waals surface area contributed by atoms with Gasteiger partial charge in [-0.1, -0.05) is 0 Å². The van der Waals surface area contributed by atoms with E-state index in [0.29, 0.717) is 46.7 Å². The van der Waals surface area contributed by atoms with Crippen molar-refractivity contribution in [2.24, 2.45) is 0 Å². The second-order valence-corrected chi connectivity index (χ2v) is 8.46. The number of nitrogen functional groups attached to an aromatic ring is 1. The molecule has 3 heterocycles. The number of oxazole rings is 1. The van der Waals surface area contributed by atoms with Gasteiger partial charge in [0.1, 0.15) is 17.7 Å². The molecule has 0 amide bonds. The molecule has 0 saturated carbocycles. The molecular weight excluding hydrogens is 434 g/mol. The Hall–Kier alpha value is -3.63. The van der Waals surface area contributed by atoms with Crippen LogP contribution in [0.15, 0.2) is 41.1 Å². The molecule has 4 aromatic rings. The number of aromatic nitrogens is 3. The highest BCUT2D eigenvalue weighted by molar-refractivity contribution is 5.93. The topological polar surface area (TPSA) is 115 Å². The molecule has 0 bridgehead atoms. The highest BCUT2D eigenvalue weighted by atomic mass is 16.5. The lowest BCUT2D eigenvalue weighted by atomic mass is 10.2. The summed E-state index contributed by atoms with van der Waals surface area (Å²) in [6.45, 7) is 6.08. The number of anilines is 3. The van der Waals surface area contributed by atoms with Crippen LogP contribution in [0.5, 0.6) is 11.5 Å². The van der Waals surface area contributed by atoms with Crippen molar-refractivity contribution in [2.75, 3.05) is 64.5 Å². The van der Waals surface area contributed by atoms with Crippen LogP contribution in [0.2, 0.25) is 0 Å². The molecule has 0 atom stereocenters. The van der Waals surface area contributed by atoms with Gasteiger partial charge in [-0.2, -0.15) is 4.98 Å². The second-order valence-electron chi connectivity index (χ2n) is 8.46. The molecule has 34 heavy (non-hydrogen) atoms. The average Bonchev–Trinajstić information content (AvgIpc) is 3.24. The van der Waals surface area contributed by atoms with E-state index >= 15 is 0 Å². The molecular formula is C24H29N7O3. The van der Waals surface area contributed by atoms with Gasteiger partial charge in [-0.3, -0.25) is 5.32 Å². The zero-order chi connectivity index (χ0) is 23.5. The molecule has 2 aromatic carbocycles. The molecule has 0 spiro atoms. The maximum Gasteiger partial charge on any atom is 0.301 e. The zero-order valence-corrected chi connectivity index (χ0v) is 19.5. The Kier molecular flexibility index (Phi) is 6.33. The van der Waals surface area contributed by atoms with Crippen molar-refractivity contribution < 1.29 is 13.9 Å². The number of ether oxygens (including phenoxy) is 2. The van der Waals surface area contributed by atoms with E-state index in [1.807, 2.05) is 18.2 Å². The number of likely N-dealkylation sites (N-methyl/N-ethyl adjacent to an activating group) is 1. The number of nitrogens with one attached hydrogen (secondary N) is 1. The van der Waals surface area contributed by atoms with E-state index < -0.39 is 0 Å². The van der Waals surface area contributed by atoms with E-state index in [1.165, 1.54) is 6.33 Å². The van der Waals surface area contributed by atoms with E-state index in [0.717, 1.165) is 50.0 Å². The molecule has 1 aliphatic rings. The van der Waals surface area contributed by atoms with Crippen LogP contribution in [-0.2, 0) is 0 Å². The van der Waals surface area contributed by atoms with Gasteiger partial charge in [0.25, 0.3) is 0 Å². The van der Waals surface area contributed by atoms with Crippen molar-refractivity contribution >= 4 is 39.5 Å². The molecule has 0 unspecified atom stereocenters. The number of hydrogen-bond acceptors (Lipinski definition) is 10. The van der Waals surface area contributed by atoms with E-state index in [4.69, 9.17) is 19.6 Å². The number of methoxy groups -OCH3 is 1. The summed E-state index contributed by atoms with van der Waals surface area (Å²) < 4.78 is 17.5. The first-order valence-corrected chi connectivity index (χ1v) is 11.4. The van der Waals surface area contributed by atoms with E-state index in [9.17, 15) is 0 Å². The summed E-state index contributed by atoms with van der Waals surface area (Å²) in [5.41, 5.74) is 8.49. The Morgan fingerprint density at radius 2 is 1.91 bits per heavy atom. The third kappa shape index (κ3) is 4.82. The van der Waals surface area contributed by atoms with E-state index in [-0.39, 0.29) is 0 Å². The van der Waals surface area contributed by atoms with Crippen molar-refractivity contribution in [1.29, 1.82) is 0 Å². The largest absolute Gasteiger partial charge is 0.493 e. The molecule has 0 radical (unpaired) electrons. The van der Waals surface area contributed by atoms with Crippen molar-refractivity contribution in [2.45, 2.75) is 6.42 Å². The van der Waals surface area contributed by atoms with Gasteiger partial charge in [0.2, 0.25) is 0 Å². The first-order valence-electron chi connectivity index (χ1n) is 11.4. The van der Waals surface area contributed by atoms with Gasteiger partial charge in [-0.25, -0.2) is 9.97 Å². The van der Waals surface area contributed by atoms with Gasteiger partial charge in [0.05, 0.1) is 19.2 Å². The molecule has 1 aliphatic heterocycles. The number of piperazine rings is 1. The fraction of sp³-hybridized carbons (Fsp3) is 0.375. The summed E-state index contributed by atoms with van der Waals surface area (Å²) in [6, 6.07) is 9.41. The molecule has 1 saturated heterocycles. The van der Waals surface area contributed by atoms with Crippen LogP contribution in [0.3, 0.4) is 0 Å². The van der Waals surface area contributed by atoms with Crippen LogP contribution in [0, 0.1) is 0 Å². The summed E-state index contributed by atoms with van der Waals surface area (Å²) in [5.74, 6) is 1.84. The fourth-order valence-corrected chi connectivity index (χ4v) is 4.07. The fourth-order valence-electron chi connectivity index (χ4n) is 4.07. The third-order valence-corrected chi connectivity index (χ3v) is 6.03. The van der Waals surface area contributed by atoms with E-state index in [2.05, 4.69) is 37.1 Å². The number of nitrogens with zero attached hydrogens (tertiary/aromatic N) is 5. The van der Waals surface area contributed by atoms with Crippen molar-refractivity contribution in [3.8, 4) is 11.5 Å². The van der Waals surface area contributed by atoms with Crippen LogP contribution in [0.1, 0.15) is 6.42 Å². The monoisotopic (exact) mass is 463 g/mol. The SMILES string of the molecule is COc1cc2c(Nc3nc4ccc(N)cc4o3)ncnc2cc1OCCCN1CCN(C)CC1. The minimum Gasteiger partial charge on any atom is -0.493 e. The number of fused-ring (bicyclic) bond motifs is 2. The molecule has 10 heteroatoms. The quantitative estimate of drug-likeness (QED) is 0.298. The predicted octanol–water partition coefficient (Wildman–Crippen LogP) is 3.12. The van der Waals surface area contributed by atoms with Crippen LogP contribution in [0.25, 0.3) is 22.0 Å². The Morgan fingerprint density at radius 3 is 2.74 bits per heavy atom. The Labute approximate surface area is 197 Å². The summed E-state index contributed by atoms with van der Waals surface area (Å²) in [6.07, 6.45) is 2.44. The van der Waals surface area contributed by atoms with Gasteiger partial charge >= 0.3 is 6.01 Å². The van der Waals surface area contributed by atoms with Gasteiger partial charge in [0.15, 0.2) is 17.1 Å². The molecule has 178 valence electrons. The highest BCUT2D eigenvalue weighted by Gasteiger charge is 2.15. The molecule has 2 aromatic heterocycles. The van der Waals surface area contributed by atoms with Crippen molar-refractivity contribution in [1.82, 2.24) is 24.8 Å². The van der Waals surface area contributed by atoms with Crippen LogP contribution < -0.4 is 20.5 Å². The Morgan fingerprint density at radius 1 is 1.06 bits per heavy atom. The maximum atomic E-state index is 6.07. The Bertz CT molecular complexity index is 1280. The van der Waals surface area contributed by atoms with Gasteiger partial charge in [-0.05, 0) is 31.7 Å². The molecule has 1 fully saturated rings. The number of nitrogens with two attached hydrogens (primary N) is 1. The normalized spacial score (nSPS) is 15.1. The number of rotatable bonds is 8. The van der Waals surface area contributed by atoms with Crippen LogP contribution in [-0.4, -0.2) is 78.2 Å². The minimum atomic E-state index is 0.323. The lowest BCUT2D eigenvalue weighted by Crippen LogP contribution is -2.44. The second kappa shape index (κ2) is 9.70. The highest BCUT2D eigenvalue weighted by Crippen LogP contribution is 2.35. The molecule has 3 N–H and O–H groups in total. The summed E-state index contributed by atoms with van der Waals surface area (Å²) in [4.78, 5) is 18.1. The number of hydrogen-bond donors (Lipinski definition) is 2. The maximum absolute atomic E-state index is 6.07. The third-order valence-electron chi connectivity index (χ3n) is 6.03. The molecule has 0 aliphatic carbocycles. The van der Waals surface area contributed by atoms with Crippen LogP contribution >= 0.6 is 0 Å². The molecule has 5 rings (SSSR count). The van der Waals surface area contributed by atoms with Gasteiger partial charge < -0.3 is 29.4 Å². The van der Waals surface area contributed by atoms with E-state index in [1.54, 1.807) is 19.2 Å². The smallest absolute Gasteiger partial charge is 0.301 e. The Balaban J connectivity index is 1.30. The zero-order valence-electron chi connectivity index (χ0n) is 19.5. The summed E-state index contributed by atoms with van der Waals surface area (Å²) >= 11 is 0. The lowest BCUT2D eigenvalue weighted by Gasteiger charge is -2.32. The van der Waals surface area contributed by atoms with Crippen molar-refractivity contribution in [3.63, 3.8) is 0 Å². The van der Waals surface area contributed by atoms with Crippen LogP contribution in [0.4, 0.5) is 17.5 Å². The first-order chi connectivity index (χ1) is 16.6. The summed E-state index contributed by atoms with van der Waals surface area (Å²) in [5, 5.41) is 3.91. The average molecular weight is 464 g/mol. The standard InChI is InChI=1S/C24H29N7O3/c1-30-7-9-31(10-8-30)6-3-11-33-22-14-19-17(13-21(22)32-2)23(27-15-26-19)29-24-28-18-5-4-16(25)12-20(18)34-24/h4-5,12-15H,3,6-11,25H2,1-2H3,(H,26,27,28,29). The molecule has 10 nitrogen and oxygen atoms in total. The van der Waals surface area contributed by atoms with Gasteiger partial charge in [-0.15, -0.1) is 0 Å². The first kappa shape index (κ1) is 22.2. The predicted molar refractivity (Wildman–Crippen MR) is 132 cm³/mol. The number of benzene rings is 2. The van der Waals surface area contributed by atoms with Gasteiger partial charge in [0, 0.05) is 55.9 Å². The minimum absolute atomic E-state index is 0.323. The summed E-state index contributed by atoms with van der Waals surface area (Å²) in [7, 11) is 3.79.